The van der Waals surface area contributed by atoms with Crippen LogP contribution in [0.2, 0.25) is 5.02 Å². The molecule has 6 heteroatoms. The largest absolute Gasteiger partial charge is 0.491 e. The Labute approximate surface area is 96.4 Å². The molecule has 0 atom stereocenters. The third-order valence-electron chi connectivity index (χ3n) is 1.87. The van der Waals surface area contributed by atoms with Gasteiger partial charge in [0.1, 0.15) is 12.4 Å². The second kappa shape index (κ2) is 5.41. The average Bonchev–Trinajstić information content (AvgIpc) is 2.19. The SMILES string of the molecule is CNCCOc1ccc(C(F)(F)F)cc1Cl. The van der Waals surface area contributed by atoms with Gasteiger partial charge in [-0.1, -0.05) is 11.6 Å². The molecule has 0 aliphatic rings. The summed E-state index contributed by atoms with van der Waals surface area (Å²) in [6.07, 6.45) is -4.38. The Hall–Kier alpha value is -0.940. The first-order chi connectivity index (χ1) is 7.45. The van der Waals surface area contributed by atoms with Crippen molar-refractivity contribution in [2.75, 3.05) is 20.2 Å². The monoisotopic (exact) mass is 253 g/mol. The fourth-order valence-electron chi connectivity index (χ4n) is 1.06. The van der Waals surface area contributed by atoms with Gasteiger partial charge in [0, 0.05) is 6.54 Å². The highest BCUT2D eigenvalue weighted by Crippen LogP contribution is 2.34. The van der Waals surface area contributed by atoms with Gasteiger partial charge >= 0.3 is 6.18 Å². The topological polar surface area (TPSA) is 21.3 Å². The Morgan fingerprint density at radius 3 is 2.56 bits per heavy atom. The summed E-state index contributed by atoms with van der Waals surface area (Å²) in [7, 11) is 1.75. The lowest BCUT2D eigenvalue weighted by molar-refractivity contribution is -0.137. The van der Waals surface area contributed by atoms with Crippen LogP contribution < -0.4 is 10.1 Å². The van der Waals surface area contributed by atoms with Gasteiger partial charge in [-0.25, -0.2) is 0 Å². The Kier molecular flexibility index (Phi) is 4.44. The van der Waals surface area contributed by atoms with E-state index in [9.17, 15) is 13.2 Å². The van der Waals surface area contributed by atoms with E-state index in [0.717, 1.165) is 12.1 Å². The van der Waals surface area contributed by atoms with Crippen molar-refractivity contribution in [2.24, 2.45) is 0 Å². The molecule has 1 rings (SSSR count). The van der Waals surface area contributed by atoms with Crippen molar-refractivity contribution in [3.8, 4) is 5.75 Å². The molecule has 2 nitrogen and oxygen atoms in total. The second-order valence-corrected chi connectivity index (χ2v) is 3.50. The molecule has 0 fully saturated rings. The van der Waals surface area contributed by atoms with E-state index < -0.39 is 11.7 Å². The molecular weight excluding hydrogens is 243 g/mol. The normalized spacial score (nSPS) is 11.6. The lowest BCUT2D eigenvalue weighted by atomic mass is 10.2. The van der Waals surface area contributed by atoms with E-state index in [1.807, 2.05) is 0 Å². The van der Waals surface area contributed by atoms with Crippen molar-refractivity contribution in [1.29, 1.82) is 0 Å². The summed E-state index contributed by atoms with van der Waals surface area (Å²) in [6.45, 7) is 0.943. The van der Waals surface area contributed by atoms with Gasteiger partial charge in [0.2, 0.25) is 0 Å². The van der Waals surface area contributed by atoms with Crippen LogP contribution in [0.3, 0.4) is 0 Å². The number of benzene rings is 1. The summed E-state index contributed by atoms with van der Waals surface area (Å²) in [5, 5.41) is 2.81. The van der Waals surface area contributed by atoms with Gasteiger partial charge in [-0.2, -0.15) is 13.2 Å². The van der Waals surface area contributed by atoms with Crippen LogP contribution in [0.25, 0.3) is 0 Å². The molecule has 16 heavy (non-hydrogen) atoms. The van der Waals surface area contributed by atoms with E-state index in [4.69, 9.17) is 16.3 Å². The molecule has 0 unspecified atom stereocenters. The van der Waals surface area contributed by atoms with Crippen LogP contribution >= 0.6 is 11.6 Å². The van der Waals surface area contributed by atoms with Crippen LogP contribution in [0.1, 0.15) is 5.56 Å². The van der Waals surface area contributed by atoms with Crippen molar-refractivity contribution in [1.82, 2.24) is 5.32 Å². The lowest BCUT2D eigenvalue weighted by Gasteiger charge is -2.11. The van der Waals surface area contributed by atoms with Gasteiger partial charge in [-0.05, 0) is 25.2 Å². The van der Waals surface area contributed by atoms with Gasteiger partial charge in [0.15, 0.2) is 0 Å². The van der Waals surface area contributed by atoms with Gasteiger partial charge in [0.05, 0.1) is 10.6 Å². The predicted octanol–water partition coefficient (Wildman–Crippen LogP) is 2.96. The summed E-state index contributed by atoms with van der Waals surface area (Å²) >= 11 is 5.67. The standard InChI is InChI=1S/C10H11ClF3NO/c1-15-4-5-16-9-3-2-7(6-8(9)11)10(12,13)14/h2-3,6,15H,4-5H2,1H3. The lowest BCUT2D eigenvalue weighted by Crippen LogP contribution is -2.16. The first kappa shape index (κ1) is 13.1. The molecule has 1 aromatic rings. The third-order valence-corrected chi connectivity index (χ3v) is 2.16. The fraction of sp³-hybridized carbons (Fsp3) is 0.400. The summed E-state index contributed by atoms with van der Waals surface area (Å²) in [5.41, 5.74) is -0.779. The molecule has 0 saturated heterocycles. The van der Waals surface area contributed by atoms with Crippen LogP contribution in [0.4, 0.5) is 13.2 Å². The van der Waals surface area contributed by atoms with Crippen LogP contribution in [0.15, 0.2) is 18.2 Å². The first-order valence-corrected chi connectivity index (χ1v) is 4.97. The van der Waals surface area contributed by atoms with E-state index in [-0.39, 0.29) is 10.8 Å². The Morgan fingerprint density at radius 2 is 2.06 bits per heavy atom. The molecule has 0 spiro atoms. The van der Waals surface area contributed by atoms with Crippen molar-refractivity contribution in [2.45, 2.75) is 6.18 Å². The minimum atomic E-state index is -4.38. The molecular formula is C10H11ClF3NO. The number of hydrogen-bond donors (Lipinski definition) is 1. The maximum absolute atomic E-state index is 12.3. The highest BCUT2D eigenvalue weighted by molar-refractivity contribution is 6.32. The summed E-state index contributed by atoms with van der Waals surface area (Å²) in [4.78, 5) is 0. The van der Waals surface area contributed by atoms with E-state index in [1.54, 1.807) is 7.05 Å². The van der Waals surface area contributed by atoms with E-state index >= 15 is 0 Å². The minimum absolute atomic E-state index is 0.0362. The average molecular weight is 254 g/mol. The second-order valence-electron chi connectivity index (χ2n) is 3.09. The van der Waals surface area contributed by atoms with Crippen molar-refractivity contribution in [3.05, 3.63) is 28.8 Å². The number of rotatable bonds is 4. The maximum Gasteiger partial charge on any atom is 0.416 e. The number of halogens is 4. The quantitative estimate of drug-likeness (QED) is 0.833. The molecule has 0 bridgehead atoms. The fourth-order valence-corrected chi connectivity index (χ4v) is 1.29. The van der Waals surface area contributed by atoms with Crippen molar-refractivity contribution < 1.29 is 17.9 Å². The van der Waals surface area contributed by atoms with Crippen LogP contribution in [-0.4, -0.2) is 20.2 Å². The molecule has 0 heterocycles. The van der Waals surface area contributed by atoms with Crippen molar-refractivity contribution >= 4 is 11.6 Å². The molecule has 0 amide bonds. The Balaban J connectivity index is 2.76. The summed E-state index contributed by atoms with van der Waals surface area (Å²) in [6, 6.07) is 3.03. The van der Waals surface area contributed by atoms with Gasteiger partial charge < -0.3 is 10.1 Å². The van der Waals surface area contributed by atoms with E-state index in [2.05, 4.69) is 5.32 Å². The van der Waals surface area contributed by atoms with Gasteiger partial charge in [-0.15, -0.1) is 0 Å². The Morgan fingerprint density at radius 1 is 1.38 bits per heavy atom. The molecule has 1 N–H and O–H groups in total. The minimum Gasteiger partial charge on any atom is -0.491 e. The van der Waals surface area contributed by atoms with Gasteiger partial charge in [-0.3, -0.25) is 0 Å². The molecule has 0 aromatic heterocycles. The zero-order chi connectivity index (χ0) is 12.2. The number of nitrogens with one attached hydrogen (secondary N) is 1. The highest BCUT2D eigenvalue weighted by Gasteiger charge is 2.30. The van der Waals surface area contributed by atoms with Crippen LogP contribution in [0, 0.1) is 0 Å². The van der Waals surface area contributed by atoms with E-state index in [0.29, 0.717) is 13.2 Å². The molecule has 0 saturated carbocycles. The molecule has 0 aliphatic carbocycles. The number of hydrogen-bond acceptors (Lipinski definition) is 2. The van der Waals surface area contributed by atoms with E-state index in [1.165, 1.54) is 6.07 Å². The van der Waals surface area contributed by atoms with Crippen molar-refractivity contribution in [3.63, 3.8) is 0 Å². The molecule has 0 aliphatic heterocycles. The molecule has 90 valence electrons. The Bertz CT molecular complexity index is 354. The van der Waals surface area contributed by atoms with Crippen LogP contribution in [-0.2, 0) is 6.18 Å². The predicted molar refractivity (Wildman–Crippen MR) is 55.9 cm³/mol. The zero-order valence-corrected chi connectivity index (χ0v) is 9.32. The maximum atomic E-state index is 12.3. The smallest absolute Gasteiger partial charge is 0.416 e. The highest BCUT2D eigenvalue weighted by atomic mass is 35.5. The number of alkyl halides is 3. The number of ether oxygens (including phenoxy) is 1. The van der Waals surface area contributed by atoms with Crippen LogP contribution in [0.5, 0.6) is 5.75 Å². The summed E-state index contributed by atoms with van der Waals surface area (Å²) in [5.74, 6) is 0.255. The number of likely N-dealkylation sites (N-methyl/N-ethyl adjacent to an activating group) is 1. The summed E-state index contributed by atoms with van der Waals surface area (Å²) < 4.78 is 42.1. The van der Waals surface area contributed by atoms with Gasteiger partial charge in [0.25, 0.3) is 0 Å². The third kappa shape index (κ3) is 3.57. The first-order valence-electron chi connectivity index (χ1n) is 4.59. The molecule has 0 radical (unpaired) electrons. The molecule has 1 aromatic carbocycles. The zero-order valence-electron chi connectivity index (χ0n) is 8.57.